The first-order chi connectivity index (χ1) is 9.54. The van der Waals surface area contributed by atoms with Gasteiger partial charge in [-0.05, 0) is 19.8 Å². The van der Waals surface area contributed by atoms with Crippen molar-refractivity contribution in [1.29, 1.82) is 0 Å². The Hall–Kier alpha value is -0.700. The van der Waals surface area contributed by atoms with E-state index < -0.39 is 10.2 Å². The summed E-state index contributed by atoms with van der Waals surface area (Å²) < 4.78 is 27.9. The molecule has 0 atom stereocenters. The predicted octanol–water partition coefficient (Wildman–Crippen LogP) is -0.919. The first-order valence-electron chi connectivity index (χ1n) is 7.28. The average Bonchev–Trinajstić information content (AvgIpc) is 2.94. The van der Waals surface area contributed by atoms with Gasteiger partial charge in [-0.15, -0.1) is 0 Å². The van der Waals surface area contributed by atoms with Crippen molar-refractivity contribution in [1.82, 2.24) is 18.8 Å². The van der Waals surface area contributed by atoms with Crippen LogP contribution in [0.5, 0.6) is 0 Å². The lowest BCUT2D eigenvalue weighted by atomic mass is 10.3. The number of nitrogens with one attached hydrogen (secondary N) is 1. The third-order valence-corrected chi connectivity index (χ3v) is 5.83. The summed E-state index contributed by atoms with van der Waals surface area (Å²) in [6.45, 7) is 6.32. The Morgan fingerprint density at radius 2 is 1.55 bits per heavy atom. The molecule has 0 aromatic heterocycles. The van der Waals surface area contributed by atoms with E-state index in [4.69, 9.17) is 0 Å². The van der Waals surface area contributed by atoms with Gasteiger partial charge in [0.2, 0.25) is 5.91 Å². The number of piperazine rings is 1. The van der Waals surface area contributed by atoms with E-state index in [1.165, 1.54) is 0 Å². The molecule has 0 aromatic rings. The lowest BCUT2D eigenvalue weighted by Crippen LogP contribution is -2.54. The van der Waals surface area contributed by atoms with Crippen LogP contribution in [0, 0.1) is 0 Å². The number of carbonyl (C=O) groups excluding carboxylic acids is 1. The smallest absolute Gasteiger partial charge is 0.282 e. The molecule has 0 spiro atoms. The van der Waals surface area contributed by atoms with Gasteiger partial charge in [0.15, 0.2) is 0 Å². The van der Waals surface area contributed by atoms with Crippen LogP contribution in [-0.2, 0) is 15.0 Å². The van der Waals surface area contributed by atoms with E-state index in [0.29, 0.717) is 52.4 Å². The number of hydrogen-bond donors (Lipinski definition) is 1. The fourth-order valence-corrected chi connectivity index (χ4v) is 4.33. The highest BCUT2D eigenvalue weighted by Gasteiger charge is 2.33. The Bertz CT molecular complexity index is 426. The summed E-state index contributed by atoms with van der Waals surface area (Å²) in [6, 6.07) is 0. The maximum absolute atomic E-state index is 12.4. The summed E-state index contributed by atoms with van der Waals surface area (Å²) in [5.41, 5.74) is 0. The number of rotatable bonds is 5. The summed E-state index contributed by atoms with van der Waals surface area (Å²) in [6.07, 6.45) is 1.91. The molecular weight excluding hydrogens is 280 g/mol. The molecule has 0 aromatic carbocycles. The molecule has 2 heterocycles. The predicted molar refractivity (Wildman–Crippen MR) is 76.4 cm³/mol. The van der Waals surface area contributed by atoms with Crippen molar-refractivity contribution in [3.8, 4) is 0 Å². The number of carbonyl (C=O) groups is 1. The first kappa shape index (κ1) is 15.7. The van der Waals surface area contributed by atoms with Crippen LogP contribution in [-0.4, -0.2) is 80.2 Å². The third kappa shape index (κ3) is 3.69. The van der Waals surface area contributed by atoms with Crippen LogP contribution in [0.1, 0.15) is 19.8 Å². The minimum atomic E-state index is -3.28. The van der Waals surface area contributed by atoms with Gasteiger partial charge in [-0.2, -0.15) is 17.0 Å². The normalized spacial score (nSPS) is 23.1. The van der Waals surface area contributed by atoms with Crippen molar-refractivity contribution < 1.29 is 13.2 Å². The molecular formula is C12H24N4O3S. The molecule has 20 heavy (non-hydrogen) atoms. The molecule has 8 heteroatoms. The zero-order valence-corrected chi connectivity index (χ0v) is 12.9. The van der Waals surface area contributed by atoms with E-state index in [2.05, 4.69) is 5.32 Å². The Morgan fingerprint density at radius 3 is 2.10 bits per heavy atom. The van der Waals surface area contributed by atoms with Gasteiger partial charge in [0.25, 0.3) is 10.2 Å². The molecule has 2 saturated heterocycles. The molecule has 1 N–H and O–H groups in total. The molecule has 0 bridgehead atoms. The van der Waals surface area contributed by atoms with Gasteiger partial charge in [-0.3, -0.25) is 9.69 Å². The maximum atomic E-state index is 12.4. The van der Waals surface area contributed by atoms with Gasteiger partial charge in [0.05, 0.1) is 6.54 Å². The van der Waals surface area contributed by atoms with E-state index in [9.17, 15) is 13.2 Å². The van der Waals surface area contributed by atoms with Crippen LogP contribution in [0.15, 0.2) is 0 Å². The van der Waals surface area contributed by atoms with E-state index in [-0.39, 0.29) is 5.91 Å². The second kappa shape index (κ2) is 6.84. The third-order valence-electron chi connectivity index (χ3n) is 3.79. The summed E-state index contributed by atoms with van der Waals surface area (Å²) >= 11 is 0. The van der Waals surface area contributed by atoms with E-state index >= 15 is 0 Å². The molecule has 2 fully saturated rings. The summed E-state index contributed by atoms with van der Waals surface area (Å²) in [5, 5.41) is 2.76. The Kier molecular flexibility index (Phi) is 5.36. The zero-order chi connectivity index (χ0) is 14.6. The second-order valence-corrected chi connectivity index (χ2v) is 7.17. The molecule has 2 aliphatic heterocycles. The van der Waals surface area contributed by atoms with Crippen LogP contribution in [0.4, 0.5) is 0 Å². The van der Waals surface area contributed by atoms with E-state index in [1.807, 2.05) is 11.8 Å². The maximum Gasteiger partial charge on any atom is 0.282 e. The van der Waals surface area contributed by atoms with Crippen molar-refractivity contribution in [3.63, 3.8) is 0 Å². The minimum absolute atomic E-state index is 0.00310. The van der Waals surface area contributed by atoms with E-state index in [1.54, 1.807) is 8.61 Å². The fourth-order valence-electron chi connectivity index (χ4n) is 2.66. The highest BCUT2D eigenvalue weighted by Crippen LogP contribution is 2.17. The van der Waals surface area contributed by atoms with Crippen molar-refractivity contribution >= 4 is 16.1 Å². The SMILES string of the molecule is CCNC(=O)CN1CCN(S(=O)(=O)N2CCCC2)CC1. The summed E-state index contributed by atoms with van der Waals surface area (Å²) in [4.78, 5) is 13.5. The highest BCUT2D eigenvalue weighted by molar-refractivity contribution is 7.86. The topological polar surface area (TPSA) is 73.0 Å². The number of amides is 1. The molecule has 1 amide bonds. The Labute approximate surface area is 121 Å². The summed E-state index contributed by atoms with van der Waals surface area (Å²) in [7, 11) is -3.28. The molecule has 116 valence electrons. The highest BCUT2D eigenvalue weighted by atomic mass is 32.2. The van der Waals surface area contributed by atoms with Crippen molar-refractivity contribution in [2.75, 3.05) is 52.4 Å². The molecule has 0 unspecified atom stereocenters. The molecule has 2 rings (SSSR count). The molecule has 2 aliphatic rings. The lowest BCUT2D eigenvalue weighted by Gasteiger charge is -2.35. The van der Waals surface area contributed by atoms with Crippen LogP contribution in [0.2, 0.25) is 0 Å². The van der Waals surface area contributed by atoms with Crippen LogP contribution >= 0.6 is 0 Å². The van der Waals surface area contributed by atoms with Gasteiger partial charge in [0.1, 0.15) is 0 Å². The van der Waals surface area contributed by atoms with Crippen molar-refractivity contribution in [3.05, 3.63) is 0 Å². The molecule has 0 saturated carbocycles. The zero-order valence-electron chi connectivity index (χ0n) is 12.0. The summed E-state index contributed by atoms with van der Waals surface area (Å²) in [5.74, 6) is 0.00310. The monoisotopic (exact) mass is 304 g/mol. The van der Waals surface area contributed by atoms with Crippen LogP contribution < -0.4 is 5.32 Å². The first-order valence-corrected chi connectivity index (χ1v) is 8.68. The lowest BCUT2D eigenvalue weighted by molar-refractivity contribution is -0.122. The Morgan fingerprint density at radius 1 is 1.00 bits per heavy atom. The number of hydrogen-bond acceptors (Lipinski definition) is 4. The number of nitrogens with zero attached hydrogens (tertiary/aromatic N) is 3. The largest absolute Gasteiger partial charge is 0.355 e. The molecule has 0 radical (unpaired) electrons. The van der Waals surface area contributed by atoms with Gasteiger partial charge in [-0.25, -0.2) is 0 Å². The minimum Gasteiger partial charge on any atom is -0.355 e. The van der Waals surface area contributed by atoms with Gasteiger partial charge in [0, 0.05) is 45.8 Å². The van der Waals surface area contributed by atoms with Crippen LogP contribution in [0.3, 0.4) is 0 Å². The Balaban J connectivity index is 1.83. The van der Waals surface area contributed by atoms with Gasteiger partial charge < -0.3 is 5.32 Å². The van der Waals surface area contributed by atoms with Crippen LogP contribution in [0.25, 0.3) is 0 Å². The quantitative estimate of drug-likeness (QED) is 0.713. The van der Waals surface area contributed by atoms with Gasteiger partial charge >= 0.3 is 0 Å². The fraction of sp³-hybridized carbons (Fsp3) is 0.917. The number of likely N-dealkylation sites (N-methyl/N-ethyl adjacent to an activating group) is 1. The molecule has 0 aliphatic carbocycles. The average molecular weight is 304 g/mol. The standard InChI is InChI=1S/C12H24N4O3S/c1-2-13-12(17)11-14-7-9-16(10-8-14)20(18,19)15-5-3-4-6-15/h2-11H2,1H3,(H,13,17). The van der Waals surface area contributed by atoms with Crippen molar-refractivity contribution in [2.45, 2.75) is 19.8 Å². The second-order valence-electron chi connectivity index (χ2n) is 5.24. The van der Waals surface area contributed by atoms with Crippen molar-refractivity contribution in [2.24, 2.45) is 0 Å². The van der Waals surface area contributed by atoms with Gasteiger partial charge in [-0.1, -0.05) is 0 Å². The molecule has 7 nitrogen and oxygen atoms in total. The van der Waals surface area contributed by atoms with E-state index in [0.717, 1.165) is 12.8 Å².